The first-order valence-corrected chi connectivity index (χ1v) is 5.94. The van der Waals surface area contributed by atoms with Gasteiger partial charge in [0.15, 0.2) is 0 Å². The lowest BCUT2D eigenvalue weighted by Gasteiger charge is -2.09. The lowest BCUT2D eigenvalue weighted by Crippen LogP contribution is -2.03. The molecule has 0 aliphatic carbocycles. The van der Waals surface area contributed by atoms with Crippen LogP contribution in [0.3, 0.4) is 0 Å². The molecule has 8 heteroatoms. The number of nitrogens with zero attached hydrogens (tertiary/aromatic N) is 2. The summed E-state index contributed by atoms with van der Waals surface area (Å²) in [6.07, 6.45) is 0. The van der Waals surface area contributed by atoms with E-state index >= 15 is 0 Å². The topological polar surface area (TPSA) is 80.1 Å². The zero-order valence-electron chi connectivity index (χ0n) is 10.4. The van der Waals surface area contributed by atoms with Gasteiger partial charge >= 0.3 is 5.69 Å². The molecule has 2 rings (SSSR count). The largest absolute Gasteiger partial charge is 0.373 e. The van der Waals surface area contributed by atoms with E-state index in [1.165, 1.54) is 24.3 Å². The molecule has 2 N–H and O–H groups in total. The summed E-state index contributed by atoms with van der Waals surface area (Å²) >= 11 is 5.65. The van der Waals surface area contributed by atoms with Crippen LogP contribution in [-0.2, 0) is 0 Å². The van der Waals surface area contributed by atoms with Gasteiger partial charge in [0.1, 0.15) is 11.6 Å². The van der Waals surface area contributed by atoms with Crippen LogP contribution in [0.2, 0.25) is 5.02 Å². The summed E-state index contributed by atoms with van der Waals surface area (Å²) in [5.74, 6) is -0.251. The number of anilines is 3. The third-order valence-corrected chi connectivity index (χ3v) is 2.75. The number of nitro groups is 1. The zero-order chi connectivity index (χ0) is 14.7. The van der Waals surface area contributed by atoms with Crippen LogP contribution >= 0.6 is 11.6 Å². The number of aromatic nitrogens is 1. The number of hydrogen-bond acceptors (Lipinski definition) is 5. The summed E-state index contributed by atoms with van der Waals surface area (Å²) in [5.41, 5.74) is -0.198. The molecule has 0 saturated heterocycles. The Bertz CT molecular complexity index is 666. The minimum absolute atomic E-state index is 0.0527. The van der Waals surface area contributed by atoms with Gasteiger partial charge in [0.2, 0.25) is 5.82 Å². The van der Waals surface area contributed by atoms with Gasteiger partial charge < -0.3 is 10.6 Å². The van der Waals surface area contributed by atoms with Crippen LogP contribution in [0.4, 0.5) is 27.4 Å². The first-order valence-electron chi connectivity index (χ1n) is 5.56. The van der Waals surface area contributed by atoms with Gasteiger partial charge in [0, 0.05) is 18.1 Å². The average Bonchev–Trinajstić information content (AvgIpc) is 2.41. The van der Waals surface area contributed by atoms with Crippen molar-refractivity contribution in [2.75, 3.05) is 17.7 Å². The molecule has 0 atom stereocenters. The van der Waals surface area contributed by atoms with Gasteiger partial charge in [-0.05, 0) is 24.3 Å². The van der Waals surface area contributed by atoms with Crippen LogP contribution in [0, 0.1) is 15.9 Å². The van der Waals surface area contributed by atoms with Crippen molar-refractivity contribution in [2.45, 2.75) is 0 Å². The second-order valence-electron chi connectivity index (χ2n) is 3.82. The van der Waals surface area contributed by atoms with Crippen LogP contribution in [0.5, 0.6) is 0 Å². The van der Waals surface area contributed by atoms with E-state index in [0.29, 0.717) is 5.82 Å². The molecule has 20 heavy (non-hydrogen) atoms. The molecule has 6 nitrogen and oxygen atoms in total. The maximum Gasteiger partial charge on any atom is 0.311 e. The summed E-state index contributed by atoms with van der Waals surface area (Å²) in [4.78, 5) is 14.4. The summed E-state index contributed by atoms with van der Waals surface area (Å²) in [5, 5.41) is 16.5. The van der Waals surface area contributed by atoms with E-state index in [4.69, 9.17) is 11.6 Å². The van der Waals surface area contributed by atoms with Gasteiger partial charge in [-0.15, -0.1) is 0 Å². The van der Waals surface area contributed by atoms with E-state index in [0.717, 1.165) is 6.07 Å². The second-order valence-corrected chi connectivity index (χ2v) is 4.26. The number of benzene rings is 1. The fourth-order valence-corrected chi connectivity index (χ4v) is 1.71. The van der Waals surface area contributed by atoms with Gasteiger partial charge in [0.25, 0.3) is 0 Å². The minimum atomic E-state index is -0.622. The molecule has 2 aromatic rings. The summed E-state index contributed by atoms with van der Waals surface area (Å²) in [6, 6.07) is 6.71. The third kappa shape index (κ3) is 2.94. The Kier molecular flexibility index (Phi) is 3.99. The first-order chi connectivity index (χ1) is 9.51. The average molecular weight is 297 g/mol. The van der Waals surface area contributed by atoms with Crippen molar-refractivity contribution < 1.29 is 9.31 Å². The zero-order valence-corrected chi connectivity index (χ0v) is 11.1. The van der Waals surface area contributed by atoms with E-state index in [1.807, 2.05) is 0 Å². The van der Waals surface area contributed by atoms with Gasteiger partial charge in [-0.2, -0.15) is 0 Å². The summed E-state index contributed by atoms with van der Waals surface area (Å²) in [7, 11) is 1.63. The molecular weight excluding hydrogens is 287 g/mol. The van der Waals surface area contributed by atoms with Crippen molar-refractivity contribution in [2.24, 2.45) is 0 Å². The van der Waals surface area contributed by atoms with Crippen LogP contribution in [0.25, 0.3) is 0 Å². The van der Waals surface area contributed by atoms with Crippen molar-refractivity contribution in [3.8, 4) is 0 Å². The Morgan fingerprint density at radius 2 is 2.10 bits per heavy atom. The molecule has 0 bridgehead atoms. The monoisotopic (exact) mass is 296 g/mol. The Morgan fingerprint density at radius 1 is 1.35 bits per heavy atom. The molecule has 0 aliphatic rings. The van der Waals surface area contributed by atoms with Gasteiger partial charge in [-0.1, -0.05) is 11.6 Å². The van der Waals surface area contributed by atoms with E-state index in [-0.39, 0.29) is 22.2 Å². The number of pyridine rings is 1. The van der Waals surface area contributed by atoms with E-state index in [1.54, 1.807) is 7.05 Å². The highest BCUT2D eigenvalue weighted by Gasteiger charge is 2.17. The molecular formula is C12H10ClFN4O2. The third-order valence-electron chi connectivity index (χ3n) is 2.51. The molecule has 104 valence electrons. The molecule has 0 saturated carbocycles. The lowest BCUT2D eigenvalue weighted by molar-refractivity contribution is -0.384. The highest BCUT2D eigenvalue weighted by molar-refractivity contribution is 6.30. The number of hydrogen-bond donors (Lipinski definition) is 2. The van der Waals surface area contributed by atoms with Gasteiger partial charge in [0.05, 0.1) is 10.6 Å². The predicted octanol–water partition coefficient (Wildman–Crippen LogP) is 3.57. The summed E-state index contributed by atoms with van der Waals surface area (Å²) < 4.78 is 13.7. The summed E-state index contributed by atoms with van der Waals surface area (Å²) in [6.45, 7) is 0. The number of nitrogens with one attached hydrogen (secondary N) is 2. The van der Waals surface area contributed by atoms with Crippen molar-refractivity contribution in [1.29, 1.82) is 0 Å². The quantitative estimate of drug-likeness (QED) is 0.666. The Balaban J connectivity index is 2.43. The molecule has 0 aliphatic heterocycles. The highest BCUT2D eigenvalue weighted by atomic mass is 35.5. The van der Waals surface area contributed by atoms with Crippen LogP contribution in [-0.4, -0.2) is 17.0 Å². The molecule has 0 spiro atoms. The normalized spacial score (nSPS) is 10.2. The molecule has 0 fully saturated rings. The SMILES string of the molecule is CNc1ccc([N+](=O)[O-])c(Nc2ccc(Cl)cc2F)n1. The fraction of sp³-hybridized carbons (Fsp3) is 0.0833. The maximum absolute atomic E-state index is 13.7. The number of rotatable bonds is 4. The van der Waals surface area contributed by atoms with Gasteiger partial charge in [-0.3, -0.25) is 10.1 Å². The van der Waals surface area contributed by atoms with E-state index in [2.05, 4.69) is 15.6 Å². The molecule has 0 unspecified atom stereocenters. The Labute approximate surface area is 118 Å². The molecule has 1 aromatic carbocycles. The molecule has 0 amide bonds. The smallest absolute Gasteiger partial charge is 0.311 e. The predicted molar refractivity (Wildman–Crippen MR) is 75.1 cm³/mol. The lowest BCUT2D eigenvalue weighted by atomic mass is 10.3. The Hall–Kier alpha value is -2.41. The van der Waals surface area contributed by atoms with E-state index in [9.17, 15) is 14.5 Å². The fourth-order valence-electron chi connectivity index (χ4n) is 1.55. The maximum atomic E-state index is 13.7. The van der Waals surface area contributed by atoms with Crippen molar-refractivity contribution >= 4 is 34.6 Å². The molecule has 1 aromatic heterocycles. The van der Waals surface area contributed by atoms with Crippen LogP contribution in [0.15, 0.2) is 30.3 Å². The van der Waals surface area contributed by atoms with Crippen LogP contribution in [0.1, 0.15) is 0 Å². The molecule has 0 radical (unpaired) electrons. The molecule has 1 heterocycles. The van der Waals surface area contributed by atoms with Gasteiger partial charge in [-0.25, -0.2) is 9.37 Å². The second kappa shape index (κ2) is 5.70. The highest BCUT2D eigenvalue weighted by Crippen LogP contribution is 2.29. The van der Waals surface area contributed by atoms with Crippen molar-refractivity contribution in [3.63, 3.8) is 0 Å². The Morgan fingerprint density at radius 3 is 2.70 bits per heavy atom. The minimum Gasteiger partial charge on any atom is -0.373 e. The first kappa shape index (κ1) is 14.0. The van der Waals surface area contributed by atoms with Crippen LogP contribution < -0.4 is 10.6 Å². The van der Waals surface area contributed by atoms with Crippen molar-refractivity contribution in [1.82, 2.24) is 4.98 Å². The van der Waals surface area contributed by atoms with E-state index < -0.39 is 10.7 Å². The van der Waals surface area contributed by atoms with Crippen molar-refractivity contribution in [3.05, 3.63) is 51.3 Å². The standard InChI is InChI=1S/C12H10ClFN4O2/c1-15-11-5-4-10(18(19)20)12(17-11)16-9-3-2-7(13)6-8(9)14/h2-6H,1H3,(H2,15,16,17). The number of halogens is 2.